The Labute approximate surface area is 164 Å². The van der Waals surface area contributed by atoms with E-state index < -0.39 is 5.91 Å². The number of halogens is 1. The highest BCUT2D eigenvalue weighted by atomic mass is 79.9. The van der Waals surface area contributed by atoms with Gasteiger partial charge in [0, 0.05) is 28.2 Å². The molecule has 7 heteroatoms. The number of carbonyl (C=O) groups is 2. The minimum atomic E-state index is -0.391. The quantitative estimate of drug-likeness (QED) is 0.468. The van der Waals surface area contributed by atoms with Crippen molar-refractivity contribution < 1.29 is 14.0 Å². The minimum Gasteiger partial charge on any atom is -0.455 e. The van der Waals surface area contributed by atoms with Crippen LogP contribution in [0.3, 0.4) is 0 Å². The smallest absolute Gasteiger partial charge is 0.271 e. The van der Waals surface area contributed by atoms with Gasteiger partial charge in [-0.15, -0.1) is 0 Å². The maximum atomic E-state index is 12.2. The van der Waals surface area contributed by atoms with E-state index in [1.807, 2.05) is 30.3 Å². The Bertz CT molecular complexity index is 1010. The van der Waals surface area contributed by atoms with Gasteiger partial charge in [0.15, 0.2) is 0 Å². The standard InChI is InChI=1S/C20H16BrN3O3/c1-13(25)23-17-7-3-5-15(11-17)20(26)24-22-12-18-8-9-19(27-18)14-4-2-6-16(21)10-14/h2-12H,1H3,(H,23,25)(H,24,26). The first-order chi connectivity index (χ1) is 13.0. The minimum absolute atomic E-state index is 0.204. The van der Waals surface area contributed by atoms with Crippen molar-refractivity contribution in [2.24, 2.45) is 5.10 Å². The molecule has 136 valence electrons. The van der Waals surface area contributed by atoms with Crippen LogP contribution in [0.25, 0.3) is 11.3 Å². The van der Waals surface area contributed by atoms with E-state index in [1.165, 1.54) is 13.1 Å². The summed E-state index contributed by atoms with van der Waals surface area (Å²) in [5.41, 5.74) is 4.30. The summed E-state index contributed by atoms with van der Waals surface area (Å²) < 4.78 is 6.66. The zero-order chi connectivity index (χ0) is 19.2. The van der Waals surface area contributed by atoms with E-state index in [2.05, 4.69) is 31.8 Å². The molecule has 2 amide bonds. The van der Waals surface area contributed by atoms with Gasteiger partial charge in [-0.2, -0.15) is 5.10 Å². The Morgan fingerprint density at radius 1 is 1.07 bits per heavy atom. The molecule has 0 saturated carbocycles. The molecule has 0 unspecified atom stereocenters. The summed E-state index contributed by atoms with van der Waals surface area (Å²) in [4.78, 5) is 23.3. The zero-order valence-corrected chi connectivity index (χ0v) is 16.0. The second kappa shape index (κ2) is 8.46. The number of furan rings is 1. The Kier molecular flexibility index (Phi) is 5.83. The number of hydrogen-bond donors (Lipinski definition) is 2. The van der Waals surface area contributed by atoms with Gasteiger partial charge in [0.2, 0.25) is 5.91 Å². The Morgan fingerprint density at radius 2 is 1.89 bits per heavy atom. The molecular weight excluding hydrogens is 410 g/mol. The van der Waals surface area contributed by atoms with Crippen LogP contribution in [0, 0.1) is 0 Å². The molecular formula is C20H16BrN3O3. The van der Waals surface area contributed by atoms with E-state index in [0.29, 0.717) is 22.8 Å². The Hall–Kier alpha value is -3.19. The first kappa shape index (κ1) is 18.6. The number of nitrogens with zero attached hydrogens (tertiary/aromatic N) is 1. The SMILES string of the molecule is CC(=O)Nc1cccc(C(=O)NN=Cc2ccc(-c3cccc(Br)c3)o2)c1. The molecule has 3 rings (SSSR count). The third-order valence-corrected chi connectivity index (χ3v) is 4.03. The molecule has 0 aliphatic rings. The highest BCUT2D eigenvalue weighted by molar-refractivity contribution is 9.10. The number of carbonyl (C=O) groups excluding carboxylic acids is 2. The van der Waals surface area contributed by atoms with Crippen LogP contribution in [0.15, 0.2) is 74.7 Å². The van der Waals surface area contributed by atoms with E-state index in [9.17, 15) is 9.59 Å². The number of hydrazone groups is 1. The van der Waals surface area contributed by atoms with E-state index >= 15 is 0 Å². The average Bonchev–Trinajstić information content (AvgIpc) is 3.10. The first-order valence-electron chi connectivity index (χ1n) is 8.08. The van der Waals surface area contributed by atoms with Crippen LogP contribution in [0.2, 0.25) is 0 Å². The van der Waals surface area contributed by atoms with E-state index in [-0.39, 0.29) is 5.91 Å². The van der Waals surface area contributed by atoms with Gasteiger partial charge in [0.05, 0.1) is 6.21 Å². The van der Waals surface area contributed by atoms with Crippen molar-refractivity contribution in [2.45, 2.75) is 6.92 Å². The monoisotopic (exact) mass is 425 g/mol. The fraction of sp³-hybridized carbons (Fsp3) is 0.0500. The lowest BCUT2D eigenvalue weighted by molar-refractivity contribution is -0.114. The van der Waals surface area contributed by atoms with Gasteiger partial charge in [0.1, 0.15) is 11.5 Å². The lowest BCUT2D eigenvalue weighted by Gasteiger charge is -2.04. The Morgan fingerprint density at radius 3 is 2.67 bits per heavy atom. The molecule has 0 bridgehead atoms. The number of hydrogen-bond acceptors (Lipinski definition) is 4. The number of amides is 2. The van der Waals surface area contributed by atoms with Crippen LogP contribution in [0.4, 0.5) is 5.69 Å². The molecule has 0 fully saturated rings. The van der Waals surface area contributed by atoms with Gasteiger partial charge in [-0.05, 0) is 42.5 Å². The van der Waals surface area contributed by atoms with Crippen LogP contribution in [0.5, 0.6) is 0 Å². The summed E-state index contributed by atoms with van der Waals surface area (Å²) >= 11 is 3.43. The third-order valence-electron chi connectivity index (χ3n) is 3.54. The summed E-state index contributed by atoms with van der Waals surface area (Å²) in [7, 11) is 0. The third kappa shape index (κ3) is 5.15. The molecule has 0 spiro atoms. The highest BCUT2D eigenvalue weighted by Gasteiger charge is 2.07. The summed E-state index contributed by atoms with van der Waals surface area (Å²) in [5, 5.41) is 6.55. The predicted octanol–water partition coefficient (Wildman–Crippen LogP) is 4.43. The number of benzene rings is 2. The van der Waals surface area contributed by atoms with Crippen molar-refractivity contribution >= 4 is 39.6 Å². The maximum Gasteiger partial charge on any atom is 0.271 e. The molecule has 6 nitrogen and oxygen atoms in total. The predicted molar refractivity (Wildman–Crippen MR) is 108 cm³/mol. The molecule has 2 aromatic carbocycles. The van der Waals surface area contributed by atoms with Gasteiger partial charge in [-0.25, -0.2) is 5.43 Å². The topological polar surface area (TPSA) is 83.7 Å². The highest BCUT2D eigenvalue weighted by Crippen LogP contribution is 2.24. The maximum absolute atomic E-state index is 12.2. The average molecular weight is 426 g/mol. The van der Waals surface area contributed by atoms with Gasteiger partial charge in [0.25, 0.3) is 5.91 Å². The molecule has 0 aliphatic heterocycles. The number of rotatable bonds is 5. The van der Waals surface area contributed by atoms with E-state index in [1.54, 1.807) is 30.3 Å². The van der Waals surface area contributed by atoms with Gasteiger partial charge in [-0.1, -0.05) is 34.1 Å². The van der Waals surface area contributed by atoms with Crippen molar-refractivity contribution in [1.29, 1.82) is 0 Å². The molecule has 1 heterocycles. The number of anilines is 1. The fourth-order valence-corrected chi connectivity index (χ4v) is 2.78. The van der Waals surface area contributed by atoms with Crippen LogP contribution in [0.1, 0.15) is 23.0 Å². The van der Waals surface area contributed by atoms with Gasteiger partial charge >= 0.3 is 0 Å². The van der Waals surface area contributed by atoms with Crippen LogP contribution < -0.4 is 10.7 Å². The van der Waals surface area contributed by atoms with E-state index in [4.69, 9.17) is 4.42 Å². The second-order valence-electron chi connectivity index (χ2n) is 5.67. The molecule has 0 radical (unpaired) electrons. The van der Waals surface area contributed by atoms with Crippen molar-refractivity contribution in [3.8, 4) is 11.3 Å². The molecule has 2 N–H and O–H groups in total. The summed E-state index contributed by atoms with van der Waals surface area (Å²) in [6, 6.07) is 17.9. The second-order valence-corrected chi connectivity index (χ2v) is 6.59. The fourth-order valence-electron chi connectivity index (χ4n) is 2.38. The molecule has 3 aromatic rings. The van der Waals surface area contributed by atoms with Crippen LogP contribution in [-0.4, -0.2) is 18.0 Å². The van der Waals surface area contributed by atoms with Crippen molar-refractivity contribution in [1.82, 2.24) is 5.43 Å². The largest absolute Gasteiger partial charge is 0.455 e. The lowest BCUT2D eigenvalue weighted by atomic mass is 10.2. The zero-order valence-electron chi connectivity index (χ0n) is 14.4. The van der Waals surface area contributed by atoms with Crippen molar-refractivity contribution in [3.63, 3.8) is 0 Å². The molecule has 0 saturated heterocycles. The molecule has 1 aromatic heterocycles. The normalized spacial score (nSPS) is 10.7. The van der Waals surface area contributed by atoms with Crippen LogP contribution in [-0.2, 0) is 4.79 Å². The van der Waals surface area contributed by atoms with E-state index in [0.717, 1.165) is 10.0 Å². The van der Waals surface area contributed by atoms with Crippen molar-refractivity contribution in [2.75, 3.05) is 5.32 Å². The van der Waals surface area contributed by atoms with Crippen molar-refractivity contribution in [3.05, 3.63) is 76.5 Å². The Balaban J connectivity index is 1.64. The van der Waals surface area contributed by atoms with Crippen LogP contribution >= 0.6 is 15.9 Å². The summed E-state index contributed by atoms with van der Waals surface area (Å²) in [6.07, 6.45) is 1.43. The van der Waals surface area contributed by atoms with Gasteiger partial charge < -0.3 is 9.73 Å². The van der Waals surface area contributed by atoms with Gasteiger partial charge in [-0.3, -0.25) is 9.59 Å². The molecule has 0 atom stereocenters. The molecule has 27 heavy (non-hydrogen) atoms. The molecule has 0 aliphatic carbocycles. The lowest BCUT2D eigenvalue weighted by Crippen LogP contribution is -2.18. The summed E-state index contributed by atoms with van der Waals surface area (Å²) in [5.74, 6) is 0.617. The number of nitrogens with one attached hydrogen (secondary N) is 2. The first-order valence-corrected chi connectivity index (χ1v) is 8.87. The summed E-state index contributed by atoms with van der Waals surface area (Å²) in [6.45, 7) is 1.41.